The first kappa shape index (κ1) is 13.6. The molecule has 1 fully saturated rings. The summed E-state index contributed by atoms with van der Waals surface area (Å²) < 4.78 is 0. The summed E-state index contributed by atoms with van der Waals surface area (Å²) in [7, 11) is 2.05. The summed E-state index contributed by atoms with van der Waals surface area (Å²) in [6.45, 7) is 10.3. The molecule has 0 amide bonds. The van der Waals surface area contributed by atoms with E-state index in [2.05, 4.69) is 62.3 Å². The summed E-state index contributed by atoms with van der Waals surface area (Å²) in [4.78, 5) is 2.62. The van der Waals surface area contributed by atoms with Crippen LogP contribution in [-0.4, -0.2) is 30.6 Å². The predicted octanol–water partition coefficient (Wildman–Crippen LogP) is 2.81. The summed E-state index contributed by atoms with van der Waals surface area (Å²) in [6.07, 6.45) is 1.29. The number of nitrogens with one attached hydrogen (secondary N) is 1. The zero-order chi connectivity index (χ0) is 13.2. The number of likely N-dealkylation sites (tertiary alicyclic amines) is 1. The lowest BCUT2D eigenvalue weighted by molar-refractivity contribution is 0.166. The number of aryl methyl sites for hydroxylation is 1. The Kier molecular flexibility index (Phi) is 4.08. The highest BCUT2D eigenvalue weighted by Gasteiger charge is 2.37. The molecule has 1 aliphatic rings. The molecule has 0 saturated carbocycles. The summed E-state index contributed by atoms with van der Waals surface area (Å²) in [6, 6.07) is 8.95. The van der Waals surface area contributed by atoms with Crippen LogP contribution in [0.2, 0.25) is 0 Å². The SMILES string of the molecule is CNCC1CN(Cc2ccc(C)cc2)C(C)(C)C1. The van der Waals surface area contributed by atoms with E-state index in [-0.39, 0.29) is 0 Å². The third-order valence-electron chi connectivity index (χ3n) is 4.11. The molecule has 1 aromatic carbocycles. The fourth-order valence-corrected chi connectivity index (χ4v) is 3.08. The molecule has 18 heavy (non-hydrogen) atoms. The van der Waals surface area contributed by atoms with Gasteiger partial charge in [0, 0.05) is 18.6 Å². The van der Waals surface area contributed by atoms with Crippen LogP contribution in [-0.2, 0) is 6.54 Å². The molecule has 1 aromatic rings. The Labute approximate surface area is 111 Å². The van der Waals surface area contributed by atoms with Crippen molar-refractivity contribution in [1.29, 1.82) is 0 Å². The van der Waals surface area contributed by atoms with Gasteiger partial charge in [0.05, 0.1) is 0 Å². The van der Waals surface area contributed by atoms with Gasteiger partial charge >= 0.3 is 0 Å². The molecule has 1 saturated heterocycles. The topological polar surface area (TPSA) is 15.3 Å². The number of hydrogen-bond acceptors (Lipinski definition) is 2. The summed E-state index contributed by atoms with van der Waals surface area (Å²) in [5.74, 6) is 0.787. The minimum Gasteiger partial charge on any atom is -0.319 e. The molecule has 2 rings (SSSR count). The van der Waals surface area contributed by atoms with Gasteiger partial charge < -0.3 is 5.32 Å². The van der Waals surface area contributed by atoms with Crippen molar-refractivity contribution in [3.05, 3.63) is 35.4 Å². The summed E-state index contributed by atoms with van der Waals surface area (Å²) >= 11 is 0. The van der Waals surface area contributed by atoms with Crippen LogP contribution >= 0.6 is 0 Å². The molecule has 1 atom stereocenters. The molecular weight excluding hydrogens is 220 g/mol. The molecule has 0 bridgehead atoms. The van der Waals surface area contributed by atoms with Gasteiger partial charge in [0.15, 0.2) is 0 Å². The minimum absolute atomic E-state index is 0.326. The van der Waals surface area contributed by atoms with E-state index in [1.807, 2.05) is 0 Å². The van der Waals surface area contributed by atoms with Crippen LogP contribution in [0.3, 0.4) is 0 Å². The molecule has 0 aliphatic carbocycles. The van der Waals surface area contributed by atoms with Crippen molar-refractivity contribution in [3.63, 3.8) is 0 Å². The summed E-state index contributed by atoms with van der Waals surface area (Å²) in [5.41, 5.74) is 3.10. The van der Waals surface area contributed by atoms with Crippen molar-refractivity contribution in [2.75, 3.05) is 20.1 Å². The van der Waals surface area contributed by atoms with Crippen LogP contribution < -0.4 is 5.32 Å². The molecule has 1 N–H and O–H groups in total. The number of hydrogen-bond donors (Lipinski definition) is 1. The molecule has 1 unspecified atom stereocenters. The lowest BCUT2D eigenvalue weighted by atomic mass is 9.96. The zero-order valence-electron chi connectivity index (χ0n) is 12.2. The van der Waals surface area contributed by atoms with E-state index in [1.54, 1.807) is 0 Å². The van der Waals surface area contributed by atoms with Crippen LogP contribution in [0.4, 0.5) is 0 Å². The van der Waals surface area contributed by atoms with Crippen LogP contribution in [0.1, 0.15) is 31.4 Å². The fraction of sp³-hybridized carbons (Fsp3) is 0.625. The Morgan fingerprint density at radius 3 is 2.56 bits per heavy atom. The van der Waals surface area contributed by atoms with Gasteiger partial charge in [-0.15, -0.1) is 0 Å². The number of rotatable bonds is 4. The molecule has 1 heterocycles. The van der Waals surface area contributed by atoms with E-state index < -0.39 is 0 Å². The van der Waals surface area contributed by atoms with Crippen LogP contribution in [0, 0.1) is 12.8 Å². The minimum atomic E-state index is 0.326. The van der Waals surface area contributed by atoms with Crippen molar-refractivity contribution in [2.24, 2.45) is 5.92 Å². The molecule has 0 aromatic heterocycles. The second-order valence-electron chi connectivity index (χ2n) is 6.31. The molecule has 2 heteroatoms. The van der Waals surface area contributed by atoms with Gasteiger partial charge in [-0.05, 0) is 52.3 Å². The Balaban J connectivity index is 2.02. The van der Waals surface area contributed by atoms with Crippen molar-refractivity contribution in [2.45, 2.75) is 39.3 Å². The highest BCUT2D eigenvalue weighted by Crippen LogP contribution is 2.33. The lowest BCUT2D eigenvalue weighted by Gasteiger charge is -2.31. The maximum atomic E-state index is 3.31. The van der Waals surface area contributed by atoms with Crippen molar-refractivity contribution >= 4 is 0 Å². The number of benzene rings is 1. The van der Waals surface area contributed by atoms with Crippen LogP contribution in [0.15, 0.2) is 24.3 Å². The van der Waals surface area contributed by atoms with Gasteiger partial charge in [0.25, 0.3) is 0 Å². The van der Waals surface area contributed by atoms with Gasteiger partial charge in [0.1, 0.15) is 0 Å². The van der Waals surface area contributed by atoms with Crippen LogP contribution in [0.5, 0.6) is 0 Å². The first-order valence-electron chi connectivity index (χ1n) is 6.96. The fourth-order valence-electron chi connectivity index (χ4n) is 3.08. The Hall–Kier alpha value is -0.860. The molecule has 1 aliphatic heterocycles. The van der Waals surface area contributed by atoms with E-state index in [9.17, 15) is 0 Å². The summed E-state index contributed by atoms with van der Waals surface area (Å²) in [5, 5.41) is 3.31. The molecule has 0 spiro atoms. The average Bonchev–Trinajstić information content (AvgIpc) is 2.57. The van der Waals surface area contributed by atoms with Crippen molar-refractivity contribution in [1.82, 2.24) is 10.2 Å². The van der Waals surface area contributed by atoms with Gasteiger partial charge in [-0.25, -0.2) is 0 Å². The third kappa shape index (κ3) is 3.12. The maximum absolute atomic E-state index is 3.31. The van der Waals surface area contributed by atoms with E-state index in [0.29, 0.717) is 5.54 Å². The average molecular weight is 246 g/mol. The first-order valence-corrected chi connectivity index (χ1v) is 6.96. The molecule has 2 nitrogen and oxygen atoms in total. The zero-order valence-corrected chi connectivity index (χ0v) is 12.2. The van der Waals surface area contributed by atoms with E-state index in [1.165, 1.54) is 24.1 Å². The van der Waals surface area contributed by atoms with E-state index in [0.717, 1.165) is 19.0 Å². The largest absolute Gasteiger partial charge is 0.319 e. The van der Waals surface area contributed by atoms with Gasteiger partial charge in [-0.2, -0.15) is 0 Å². The van der Waals surface area contributed by atoms with E-state index >= 15 is 0 Å². The second-order valence-corrected chi connectivity index (χ2v) is 6.31. The smallest absolute Gasteiger partial charge is 0.0239 e. The Bertz CT molecular complexity index is 381. The maximum Gasteiger partial charge on any atom is 0.0239 e. The Morgan fingerprint density at radius 2 is 1.94 bits per heavy atom. The van der Waals surface area contributed by atoms with Crippen molar-refractivity contribution in [3.8, 4) is 0 Å². The quantitative estimate of drug-likeness (QED) is 0.879. The Morgan fingerprint density at radius 1 is 1.28 bits per heavy atom. The normalized spacial score (nSPS) is 23.4. The number of nitrogens with zero attached hydrogens (tertiary/aromatic N) is 1. The second kappa shape index (κ2) is 5.41. The monoisotopic (exact) mass is 246 g/mol. The predicted molar refractivity (Wildman–Crippen MR) is 77.7 cm³/mol. The lowest BCUT2D eigenvalue weighted by Crippen LogP contribution is -2.37. The third-order valence-corrected chi connectivity index (χ3v) is 4.11. The highest BCUT2D eigenvalue weighted by molar-refractivity contribution is 5.21. The van der Waals surface area contributed by atoms with Gasteiger partial charge in [-0.1, -0.05) is 29.8 Å². The molecular formula is C16H26N2. The van der Waals surface area contributed by atoms with E-state index in [4.69, 9.17) is 0 Å². The molecule has 0 radical (unpaired) electrons. The van der Waals surface area contributed by atoms with Crippen LogP contribution in [0.25, 0.3) is 0 Å². The van der Waals surface area contributed by atoms with Crippen molar-refractivity contribution < 1.29 is 0 Å². The van der Waals surface area contributed by atoms with Gasteiger partial charge in [0.2, 0.25) is 0 Å². The molecule has 100 valence electrons. The highest BCUT2D eigenvalue weighted by atomic mass is 15.2. The first-order chi connectivity index (χ1) is 8.51. The van der Waals surface area contributed by atoms with Gasteiger partial charge in [-0.3, -0.25) is 4.90 Å². The standard InChI is InChI=1S/C16H26N2/c1-13-5-7-14(8-6-13)11-18-12-15(10-17-4)9-16(18,2)3/h5-8,15,17H,9-12H2,1-4H3.